The second-order valence-corrected chi connectivity index (χ2v) is 8.32. The van der Waals surface area contributed by atoms with Gasteiger partial charge in [-0.05, 0) is 20.3 Å². The third-order valence-corrected chi connectivity index (χ3v) is 5.67. The van der Waals surface area contributed by atoms with Gasteiger partial charge in [-0.25, -0.2) is 4.79 Å². The SMILES string of the molecule is CCCCOC(=O)COc1cc(NCP(=O)(OCC)OCC)c([N+](=O)[O-])cc1C(F)(F)F. The fraction of sp³-hybridized carbons (Fsp3) is 0.611. The molecule has 0 heterocycles. The van der Waals surface area contributed by atoms with E-state index in [1.165, 1.54) is 0 Å². The van der Waals surface area contributed by atoms with Crippen molar-refractivity contribution in [2.45, 2.75) is 39.8 Å². The Kier molecular flexibility index (Phi) is 10.9. The van der Waals surface area contributed by atoms with Gasteiger partial charge in [-0.15, -0.1) is 0 Å². The van der Waals surface area contributed by atoms with Crippen LogP contribution < -0.4 is 10.1 Å². The quantitative estimate of drug-likeness (QED) is 0.127. The molecule has 0 bridgehead atoms. The molecule has 1 aromatic rings. The summed E-state index contributed by atoms with van der Waals surface area (Å²) in [5.74, 6) is -1.72. The smallest absolute Gasteiger partial charge is 0.420 e. The van der Waals surface area contributed by atoms with Gasteiger partial charge >= 0.3 is 19.7 Å². The largest absolute Gasteiger partial charge is 0.481 e. The van der Waals surface area contributed by atoms with Crippen LogP contribution in [-0.2, 0) is 29.3 Å². The minimum atomic E-state index is -5.00. The van der Waals surface area contributed by atoms with Crippen molar-refractivity contribution in [3.8, 4) is 5.75 Å². The molecule has 1 N–H and O–H groups in total. The van der Waals surface area contributed by atoms with Gasteiger partial charge < -0.3 is 23.8 Å². The van der Waals surface area contributed by atoms with Crippen molar-refractivity contribution in [1.82, 2.24) is 0 Å². The lowest BCUT2D eigenvalue weighted by Crippen LogP contribution is -2.18. The highest BCUT2D eigenvalue weighted by molar-refractivity contribution is 7.53. The molecule has 0 aromatic heterocycles. The molecule has 0 aliphatic rings. The van der Waals surface area contributed by atoms with Crippen LogP contribution in [0.3, 0.4) is 0 Å². The van der Waals surface area contributed by atoms with Crippen molar-refractivity contribution < 1.29 is 46.0 Å². The number of ether oxygens (including phenoxy) is 2. The number of hydrogen-bond donors (Lipinski definition) is 1. The summed E-state index contributed by atoms with van der Waals surface area (Å²) >= 11 is 0. The Hall–Kier alpha value is -2.37. The van der Waals surface area contributed by atoms with E-state index in [-0.39, 0.29) is 25.9 Å². The fourth-order valence-corrected chi connectivity index (χ4v) is 3.82. The molecule has 10 nitrogen and oxygen atoms in total. The minimum absolute atomic E-state index is 0.0164. The molecule has 182 valence electrons. The van der Waals surface area contributed by atoms with E-state index in [0.717, 1.165) is 6.42 Å². The summed E-state index contributed by atoms with van der Waals surface area (Å²) in [7, 11) is -3.71. The van der Waals surface area contributed by atoms with E-state index >= 15 is 0 Å². The maximum Gasteiger partial charge on any atom is 0.420 e. The van der Waals surface area contributed by atoms with Gasteiger partial charge in [0, 0.05) is 12.1 Å². The lowest BCUT2D eigenvalue weighted by Gasteiger charge is -2.19. The molecule has 0 amide bonds. The maximum atomic E-state index is 13.4. The van der Waals surface area contributed by atoms with Crippen molar-refractivity contribution >= 4 is 24.9 Å². The summed E-state index contributed by atoms with van der Waals surface area (Å²) in [5.41, 5.74) is -2.80. The number of carbonyl (C=O) groups is 1. The summed E-state index contributed by atoms with van der Waals surface area (Å²) in [6.45, 7) is 4.25. The number of rotatable bonds is 14. The number of nitrogens with one attached hydrogen (secondary N) is 1. The molecule has 0 fully saturated rings. The van der Waals surface area contributed by atoms with Gasteiger partial charge in [-0.1, -0.05) is 13.3 Å². The number of unbranched alkanes of at least 4 members (excludes halogenated alkanes) is 1. The summed E-state index contributed by atoms with van der Waals surface area (Å²) < 4.78 is 72.8. The lowest BCUT2D eigenvalue weighted by atomic mass is 10.1. The van der Waals surface area contributed by atoms with Crippen molar-refractivity contribution in [3.05, 3.63) is 27.8 Å². The third-order valence-electron chi connectivity index (χ3n) is 3.82. The number of benzene rings is 1. The Morgan fingerprint density at radius 1 is 1.19 bits per heavy atom. The Labute approximate surface area is 183 Å². The molecule has 0 spiro atoms. The van der Waals surface area contributed by atoms with Crippen molar-refractivity contribution in [2.75, 3.05) is 38.0 Å². The number of alkyl halides is 3. The molecule has 0 saturated heterocycles. The van der Waals surface area contributed by atoms with Crippen molar-refractivity contribution in [1.29, 1.82) is 0 Å². The van der Waals surface area contributed by atoms with E-state index in [9.17, 15) is 32.6 Å². The van der Waals surface area contributed by atoms with Crippen LogP contribution in [0.15, 0.2) is 12.1 Å². The summed E-state index contributed by atoms with van der Waals surface area (Å²) in [6, 6.07) is 0.981. The van der Waals surface area contributed by atoms with Crippen LogP contribution in [0.5, 0.6) is 5.75 Å². The predicted octanol–water partition coefficient (Wildman–Crippen LogP) is 4.97. The Morgan fingerprint density at radius 3 is 2.31 bits per heavy atom. The Balaban J connectivity index is 3.23. The molecule has 0 aliphatic carbocycles. The van der Waals surface area contributed by atoms with E-state index in [1.54, 1.807) is 13.8 Å². The van der Waals surface area contributed by atoms with E-state index in [2.05, 4.69) is 5.32 Å². The van der Waals surface area contributed by atoms with Gasteiger partial charge in [0.05, 0.1) is 24.7 Å². The number of hydrogen-bond acceptors (Lipinski definition) is 9. The molecular formula is C18H26F3N2O8P. The normalized spacial score (nSPS) is 11.8. The maximum absolute atomic E-state index is 13.4. The van der Waals surface area contributed by atoms with Crippen molar-refractivity contribution in [2.24, 2.45) is 0 Å². The first-order valence-corrected chi connectivity index (χ1v) is 11.5. The first-order chi connectivity index (χ1) is 15.0. The number of halogens is 3. The molecular weight excluding hydrogens is 460 g/mol. The Bertz CT molecular complexity index is 825. The van der Waals surface area contributed by atoms with E-state index < -0.39 is 60.2 Å². The second-order valence-electron chi connectivity index (χ2n) is 6.26. The number of nitrogens with zero attached hydrogens (tertiary/aromatic N) is 1. The molecule has 14 heteroatoms. The number of nitro benzene ring substituents is 1. The molecule has 0 radical (unpaired) electrons. The zero-order valence-electron chi connectivity index (χ0n) is 17.9. The fourth-order valence-electron chi connectivity index (χ4n) is 2.41. The van der Waals surface area contributed by atoms with Crippen LogP contribution >= 0.6 is 7.60 Å². The zero-order valence-corrected chi connectivity index (χ0v) is 18.8. The van der Waals surface area contributed by atoms with Gasteiger partial charge in [0.1, 0.15) is 23.3 Å². The van der Waals surface area contributed by atoms with E-state index in [4.69, 9.17) is 18.5 Å². The molecule has 0 atom stereocenters. The topological polar surface area (TPSA) is 126 Å². The molecule has 0 unspecified atom stereocenters. The first kappa shape index (κ1) is 27.7. The number of nitro groups is 1. The summed E-state index contributed by atoms with van der Waals surface area (Å²) in [5, 5.41) is 13.8. The highest BCUT2D eigenvalue weighted by atomic mass is 31.2. The van der Waals surface area contributed by atoms with Gasteiger partial charge in [0.15, 0.2) is 6.61 Å². The molecule has 0 aliphatic heterocycles. The highest BCUT2D eigenvalue weighted by Crippen LogP contribution is 2.49. The van der Waals surface area contributed by atoms with Gasteiger partial charge in [-0.2, -0.15) is 13.2 Å². The predicted molar refractivity (Wildman–Crippen MR) is 109 cm³/mol. The molecule has 1 rings (SSSR count). The van der Waals surface area contributed by atoms with Gasteiger partial charge in [-0.3, -0.25) is 14.7 Å². The lowest BCUT2D eigenvalue weighted by molar-refractivity contribution is -0.384. The summed E-state index contributed by atoms with van der Waals surface area (Å²) in [4.78, 5) is 22.0. The van der Waals surface area contributed by atoms with Crippen LogP contribution in [-0.4, -0.2) is 43.6 Å². The molecule has 0 saturated carbocycles. The summed E-state index contributed by atoms with van der Waals surface area (Å²) in [6.07, 6.45) is -4.22. The standard InChI is InChI=1S/C18H26F3N2O8P/c1-4-7-8-28-17(24)11-29-16-10-14(22-12-32(27,30-5-2)31-6-3)15(23(25)26)9-13(16)18(19,20)21/h9-10,22H,4-8,11-12H2,1-3H3. The van der Waals surface area contributed by atoms with Gasteiger partial charge in [0.2, 0.25) is 0 Å². The van der Waals surface area contributed by atoms with Crippen molar-refractivity contribution in [3.63, 3.8) is 0 Å². The average Bonchev–Trinajstić information content (AvgIpc) is 2.70. The zero-order chi connectivity index (χ0) is 24.4. The van der Waals surface area contributed by atoms with Crippen LogP contribution in [0.25, 0.3) is 0 Å². The highest BCUT2D eigenvalue weighted by Gasteiger charge is 2.38. The van der Waals surface area contributed by atoms with E-state index in [0.29, 0.717) is 12.5 Å². The van der Waals surface area contributed by atoms with E-state index in [1.807, 2.05) is 6.92 Å². The molecule has 32 heavy (non-hydrogen) atoms. The van der Waals surface area contributed by atoms with Crippen LogP contribution in [0.2, 0.25) is 0 Å². The Morgan fingerprint density at radius 2 is 1.81 bits per heavy atom. The van der Waals surface area contributed by atoms with Gasteiger partial charge in [0.25, 0.3) is 5.69 Å². The van der Waals surface area contributed by atoms with Crippen LogP contribution in [0.1, 0.15) is 39.2 Å². The first-order valence-electron chi connectivity index (χ1n) is 9.77. The molecule has 1 aromatic carbocycles. The number of esters is 1. The monoisotopic (exact) mass is 486 g/mol. The average molecular weight is 486 g/mol. The second kappa shape index (κ2) is 12.6. The minimum Gasteiger partial charge on any atom is -0.481 e. The number of anilines is 1. The van der Waals surface area contributed by atoms with Crippen LogP contribution in [0, 0.1) is 10.1 Å². The third kappa shape index (κ3) is 8.64. The number of carbonyl (C=O) groups excluding carboxylic acids is 1. The van der Waals surface area contributed by atoms with Crippen LogP contribution in [0.4, 0.5) is 24.5 Å².